The molecule has 2 aliphatic rings. The molecule has 2 rings (SSSR count). The molecule has 17 heavy (non-hydrogen) atoms. The first-order valence-electron chi connectivity index (χ1n) is 6.54. The highest BCUT2D eigenvalue weighted by atomic mass is 16.6. The summed E-state index contributed by atoms with van der Waals surface area (Å²) in [5.41, 5.74) is 10.6. The van der Waals surface area contributed by atoms with Crippen LogP contribution in [0, 0.1) is 0 Å². The third-order valence-electron chi connectivity index (χ3n) is 2.55. The van der Waals surface area contributed by atoms with Gasteiger partial charge in [-0.3, -0.25) is 0 Å². The smallest absolute Gasteiger partial charge is 0.104 e. The van der Waals surface area contributed by atoms with Gasteiger partial charge in [0.15, 0.2) is 0 Å². The van der Waals surface area contributed by atoms with Gasteiger partial charge in [-0.05, 0) is 6.42 Å². The van der Waals surface area contributed by atoms with Crippen molar-refractivity contribution in [2.24, 2.45) is 11.5 Å². The van der Waals surface area contributed by atoms with Gasteiger partial charge in [0.2, 0.25) is 0 Å². The normalized spacial score (nSPS) is 25.4. The van der Waals surface area contributed by atoms with Gasteiger partial charge in [-0.2, -0.15) is 0 Å². The summed E-state index contributed by atoms with van der Waals surface area (Å²) in [7, 11) is 0. The van der Waals surface area contributed by atoms with Crippen molar-refractivity contribution in [3.63, 3.8) is 0 Å². The molecule has 5 heteroatoms. The number of ether oxygens (including phenoxy) is 3. The largest absolute Gasteiger partial charge is 0.376 e. The molecule has 0 radical (unpaired) electrons. The van der Waals surface area contributed by atoms with Gasteiger partial charge in [-0.25, -0.2) is 0 Å². The Labute approximate surface area is 104 Å². The highest BCUT2D eigenvalue weighted by molar-refractivity contribution is 4.71. The summed E-state index contributed by atoms with van der Waals surface area (Å²) < 4.78 is 15.1. The lowest BCUT2D eigenvalue weighted by atomic mass is 10.2. The molecule has 2 saturated heterocycles. The molecule has 0 amide bonds. The highest BCUT2D eigenvalue weighted by Crippen LogP contribution is 2.12. The van der Waals surface area contributed by atoms with Gasteiger partial charge in [0.25, 0.3) is 0 Å². The van der Waals surface area contributed by atoms with E-state index in [9.17, 15) is 0 Å². The Morgan fingerprint density at radius 2 is 1.65 bits per heavy atom. The Balaban J connectivity index is 0.000000172. The Bertz CT molecular complexity index is 171. The third-order valence-corrected chi connectivity index (χ3v) is 2.55. The van der Waals surface area contributed by atoms with Crippen molar-refractivity contribution < 1.29 is 14.2 Å². The van der Waals surface area contributed by atoms with Gasteiger partial charge in [-0.1, -0.05) is 26.2 Å². The summed E-state index contributed by atoms with van der Waals surface area (Å²) in [6, 6.07) is 0. The van der Waals surface area contributed by atoms with Gasteiger partial charge in [0, 0.05) is 0 Å². The van der Waals surface area contributed by atoms with Crippen LogP contribution in [-0.4, -0.2) is 44.8 Å². The zero-order chi connectivity index (χ0) is 12.5. The lowest BCUT2D eigenvalue weighted by molar-refractivity contribution is 0.102. The number of rotatable bonds is 8. The Kier molecular flexibility index (Phi) is 7.72. The van der Waals surface area contributed by atoms with Gasteiger partial charge < -0.3 is 25.7 Å². The number of unbranched alkanes of at least 4 members (excludes halogenated alkanes) is 2. The van der Waals surface area contributed by atoms with Crippen LogP contribution in [0.15, 0.2) is 0 Å². The average Bonchev–Trinajstić information content (AvgIpc) is 3.13. The van der Waals surface area contributed by atoms with Gasteiger partial charge in [-0.15, -0.1) is 0 Å². The maximum atomic E-state index is 5.31. The molecular formula is C12H26N2O3. The first kappa shape index (κ1) is 14.9. The molecule has 0 bridgehead atoms. The molecule has 0 saturated carbocycles. The summed E-state index contributed by atoms with van der Waals surface area (Å²) in [6.45, 7) is 5.43. The predicted octanol–water partition coefficient (Wildman–Crippen LogP) is 0.611. The number of hydrogen-bond donors (Lipinski definition) is 2. The summed E-state index contributed by atoms with van der Waals surface area (Å²) >= 11 is 0. The second kappa shape index (κ2) is 8.83. The lowest BCUT2D eigenvalue weighted by Gasteiger charge is -2.01. The summed E-state index contributed by atoms with van der Waals surface area (Å²) in [5.74, 6) is 0. The predicted molar refractivity (Wildman–Crippen MR) is 66.6 cm³/mol. The molecule has 5 nitrogen and oxygen atoms in total. The Morgan fingerprint density at radius 1 is 1.12 bits per heavy atom. The van der Waals surface area contributed by atoms with E-state index in [1.807, 2.05) is 0 Å². The van der Waals surface area contributed by atoms with Crippen molar-refractivity contribution in [2.45, 2.75) is 51.0 Å². The minimum Gasteiger partial charge on any atom is -0.376 e. The fraction of sp³-hybridized carbons (Fsp3) is 1.00. The van der Waals surface area contributed by atoms with E-state index in [0.717, 1.165) is 32.8 Å². The Morgan fingerprint density at radius 3 is 2.00 bits per heavy atom. The molecule has 0 spiro atoms. The van der Waals surface area contributed by atoms with E-state index in [-0.39, 0.29) is 6.17 Å². The van der Waals surface area contributed by atoms with Crippen LogP contribution in [0.25, 0.3) is 0 Å². The van der Waals surface area contributed by atoms with E-state index in [2.05, 4.69) is 6.92 Å². The van der Waals surface area contributed by atoms with Crippen LogP contribution >= 0.6 is 0 Å². The standard InChI is InChI=1S/C6H16N2.C6H10O3/c1-2-3-4-5-6(7)8;1(5-3-8-5)7-2-6-4-9-6/h6H,2-5,7-8H2,1H3;5-6H,1-4H2. The first-order valence-corrected chi connectivity index (χ1v) is 6.54. The molecule has 0 aromatic rings. The second-order valence-electron chi connectivity index (χ2n) is 4.61. The van der Waals surface area contributed by atoms with Crippen LogP contribution in [0.5, 0.6) is 0 Å². The molecule has 0 aromatic heterocycles. The molecule has 2 heterocycles. The van der Waals surface area contributed by atoms with Gasteiger partial charge >= 0.3 is 0 Å². The monoisotopic (exact) mass is 246 g/mol. The molecule has 2 aliphatic heterocycles. The van der Waals surface area contributed by atoms with Crippen LogP contribution in [0.3, 0.4) is 0 Å². The number of epoxide rings is 2. The van der Waals surface area contributed by atoms with Crippen LogP contribution in [0.1, 0.15) is 32.6 Å². The topological polar surface area (TPSA) is 86.3 Å². The van der Waals surface area contributed by atoms with Crippen molar-refractivity contribution in [3.05, 3.63) is 0 Å². The van der Waals surface area contributed by atoms with Crippen molar-refractivity contribution in [1.29, 1.82) is 0 Å². The van der Waals surface area contributed by atoms with E-state index in [0.29, 0.717) is 12.2 Å². The Hall–Kier alpha value is -0.200. The molecule has 4 N–H and O–H groups in total. The molecule has 0 aromatic carbocycles. The van der Waals surface area contributed by atoms with Crippen molar-refractivity contribution in [3.8, 4) is 0 Å². The van der Waals surface area contributed by atoms with Crippen molar-refractivity contribution in [1.82, 2.24) is 0 Å². The van der Waals surface area contributed by atoms with Crippen molar-refractivity contribution in [2.75, 3.05) is 26.4 Å². The second-order valence-corrected chi connectivity index (χ2v) is 4.61. The molecule has 0 aliphatic carbocycles. The van der Waals surface area contributed by atoms with E-state index >= 15 is 0 Å². The molecule has 2 unspecified atom stereocenters. The highest BCUT2D eigenvalue weighted by Gasteiger charge is 2.26. The maximum absolute atomic E-state index is 5.31. The maximum Gasteiger partial charge on any atom is 0.104 e. The molecule has 2 fully saturated rings. The molecule has 2 atom stereocenters. The third kappa shape index (κ3) is 10.7. The minimum atomic E-state index is -0.0958. The molecular weight excluding hydrogens is 220 g/mol. The number of nitrogens with two attached hydrogens (primary N) is 2. The summed E-state index contributed by atoms with van der Waals surface area (Å²) in [4.78, 5) is 0. The van der Waals surface area contributed by atoms with E-state index < -0.39 is 0 Å². The number of hydrogen-bond acceptors (Lipinski definition) is 5. The van der Waals surface area contributed by atoms with Crippen LogP contribution < -0.4 is 11.5 Å². The van der Waals surface area contributed by atoms with Crippen LogP contribution in [0.2, 0.25) is 0 Å². The zero-order valence-corrected chi connectivity index (χ0v) is 10.8. The minimum absolute atomic E-state index is 0.0958. The van der Waals surface area contributed by atoms with E-state index in [4.69, 9.17) is 25.7 Å². The summed E-state index contributed by atoms with van der Waals surface area (Å²) in [6.07, 6.45) is 5.33. The quantitative estimate of drug-likeness (QED) is 0.372. The van der Waals surface area contributed by atoms with Gasteiger partial charge in [0.1, 0.15) is 12.2 Å². The molecule has 102 valence electrons. The van der Waals surface area contributed by atoms with E-state index in [1.165, 1.54) is 19.3 Å². The first-order chi connectivity index (χ1) is 8.22. The lowest BCUT2D eigenvalue weighted by Crippen LogP contribution is -2.29. The van der Waals surface area contributed by atoms with Crippen LogP contribution in [-0.2, 0) is 14.2 Å². The van der Waals surface area contributed by atoms with Gasteiger partial charge in [0.05, 0.1) is 32.6 Å². The summed E-state index contributed by atoms with van der Waals surface area (Å²) in [5, 5.41) is 0. The van der Waals surface area contributed by atoms with Crippen molar-refractivity contribution >= 4 is 0 Å². The average molecular weight is 246 g/mol. The fourth-order valence-electron chi connectivity index (χ4n) is 1.29. The zero-order valence-electron chi connectivity index (χ0n) is 10.8. The fourth-order valence-corrected chi connectivity index (χ4v) is 1.29. The van der Waals surface area contributed by atoms with Crippen LogP contribution in [0.4, 0.5) is 0 Å². The SMILES string of the molecule is C(OCC1CO1)C1CO1.CCCCCC(N)N. The van der Waals surface area contributed by atoms with E-state index in [1.54, 1.807) is 0 Å².